The summed E-state index contributed by atoms with van der Waals surface area (Å²) < 4.78 is 15.9. The molecule has 2 N–H and O–H groups in total. The molecule has 0 bridgehead atoms. The van der Waals surface area contributed by atoms with Gasteiger partial charge in [-0.3, -0.25) is 9.69 Å². The Bertz CT molecular complexity index is 1070. The topological polar surface area (TPSA) is 106 Å². The van der Waals surface area contributed by atoms with Crippen molar-refractivity contribution in [1.29, 1.82) is 0 Å². The fourth-order valence-electron chi connectivity index (χ4n) is 3.74. The number of para-hydroxylation sites is 1. The van der Waals surface area contributed by atoms with Crippen LogP contribution in [0.1, 0.15) is 31.9 Å². The van der Waals surface area contributed by atoms with E-state index in [0.29, 0.717) is 34.8 Å². The van der Waals surface area contributed by atoms with Crippen molar-refractivity contribution in [3.8, 4) is 5.75 Å². The zero-order valence-corrected chi connectivity index (χ0v) is 20.2. The second-order valence-electron chi connectivity index (χ2n) is 7.94. The van der Waals surface area contributed by atoms with Crippen molar-refractivity contribution in [2.45, 2.75) is 26.3 Å². The summed E-state index contributed by atoms with van der Waals surface area (Å²) in [6, 6.07) is 15.0. The number of carbonyl (C=O) groups is 3. The van der Waals surface area contributed by atoms with Gasteiger partial charge >= 0.3 is 12.0 Å². The monoisotopic (exact) mass is 481 g/mol. The Balaban J connectivity index is 1.80. The minimum Gasteiger partial charge on any atom is -0.484 e. The quantitative estimate of drug-likeness (QED) is 0.375. The van der Waals surface area contributed by atoms with Gasteiger partial charge in [0.2, 0.25) is 0 Å². The van der Waals surface area contributed by atoms with E-state index < -0.39 is 12.0 Å². The number of rotatable bonds is 11. The normalized spacial score (nSPS) is 15.5. The number of hydrogen-bond acceptors (Lipinski definition) is 6. The zero-order chi connectivity index (χ0) is 25.2. The Morgan fingerprint density at radius 2 is 1.86 bits per heavy atom. The van der Waals surface area contributed by atoms with Crippen molar-refractivity contribution in [2.24, 2.45) is 0 Å². The summed E-state index contributed by atoms with van der Waals surface area (Å²) in [5.74, 6) is -0.273. The Morgan fingerprint density at radius 1 is 1.09 bits per heavy atom. The molecule has 186 valence electrons. The minimum absolute atomic E-state index is 0.0953. The molecule has 0 aromatic heterocycles. The summed E-state index contributed by atoms with van der Waals surface area (Å²) in [7, 11) is 1.52. The summed E-state index contributed by atoms with van der Waals surface area (Å²) in [6.45, 7) is 4.36. The van der Waals surface area contributed by atoms with Crippen molar-refractivity contribution in [3.05, 3.63) is 71.4 Å². The van der Waals surface area contributed by atoms with Crippen LogP contribution in [0.15, 0.2) is 65.9 Å². The number of anilines is 1. The van der Waals surface area contributed by atoms with Crippen LogP contribution in [0, 0.1) is 0 Å². The fraction of sp³-hybridized carbons (Fsp3) is 0.346. The maximum absolute atomic E-state index is 13.0. The third-order valence-electron chi connectivity index (χ3n) is 5.40. The molecule has 0 aliphatic carbocycles. The number of esters is 1. The number of ether oxygens (including phenoxy) is 3. The van der Waals surface area contributed by atoms with Crippen LogP contribution >= 0.6 is 0 Å². The van der Waals surface area contributed by atoms with E-state index in [9.17, 15) is 14.4 Å². The number of methoxy groups -OCH3 is 1. The molecule has 35 heavy (non-hydrogen) atoms. The lowest BCUT2D eigenvalue weighted by Crippen LogP contribution is -2.48. The molecule has 1 aliphatic rings. The number of carbonyl (C=O) groups excluding carboxylic acids is 3. The maximum atomic E-state index is 13.0. The number of nitrogens with zero attached hydrogens (tertiary/aromatic N) is 1. The number of urea groups is 1. The summed E-state index contributed by atoms with van der Waals surface area (Å²) in [6.07, 6.45) is 0.730. The lowest BCUT2D eigenvalue weighted by atomic mass is 9.94. The molecule has 2 aromatic carbocycles. The number of nitrogens with one attached hydrogen (secondary N) is 2. The van der Waals surface area contributed by atoms with Gasteiger partial charge in [0.05, 0.1) is 18.2 Å². The molecule has 0 saturated carbocycles. The van der Waals surface area contributed by atoms with E-state index in [2.05, 4.69) is 10.6 Å². The first-order chi connectivity index (χ1) is 16.9. The predicted octanol–water partition coefficient (Wildman–Crippen LogP) is 3.64. The maximum Gasteiger partial charge on any atom is 0.338 e. The molecule has 0 fully saturated rings. The lowest BCUT2D eigenvalue weighted by Gasteiger charge is -2.35. The number of benzene rings is 2. The first-order valence-electron chi connectivity index (χ1n) is 11.5. The Labute approximate surface area is 205 Å². The molecule has 1 unspecified atom stereocenters. The number of amides is 3. The van der Waals surface area contributed by atoms with E-state index >= 15 is 0 Å². The van der Waals surface area contributed by atoms with Crippen molar-refractivity contribution in [3.63, 3.8) is 0 Å². The summed E-state index contributed by atoms with van der Waals surface area (Å²) >= 11 is 0. The SMILES string of the molecule is CCCN1C(=O)NC(c2cccc(NC(=O)COc3ccccc3)c2)C(C(=O)OCCOC)=C1C. The first-order valence-corrected chi connectivity index (χ1v) is 11.5. The Kier molecular flexibility index (Phi) is 9.25. The minimum atomic E-state index is -0.733. The highest BCUT2D eigenvalue weighted by Crippen LogP contribution is 2.32. The van der Waals surface area contributed by atoms with Crippen LogP contribution in [0.4, 0.5) is 10.5 Å². The molecular weight excluding hydrogens is 450 g/mol. The number of allylic oxidation sites excluding steroid dienone is 1. The van der Waals surface area contributed by atoms with Crippen LogP contribution in [0.5, 0.6) is 5.75 Å². The van der Waals surface area contributed by atoms with Gasteiger partial charge in [-0.1, -0.05) is 37.3 Å². The highest BCUT2D eigenvalue weighted by atomic mass is 16.6. The molecule has 2 aromatic rings. The third-order valence-corrected chi connectivity index (χ3v) is 5.40. The average Bonchev–Trinajstić information content (AvgIpc) is 2.86. The van der Waals surface area contributed by atoms with E-state index in [1.165, 1.54) is 12.0 Å². The summed E-state index contributed by atoms with van der Waals surface area (Å²) in [5, 5.41) is 5.70. The van der Waals surface area contributed by atoms with E-state index in [-0.39, 0.29) is 31.8 Å². The standard InChI is InChI=1S/C26H31N3O6/c1-4-13-29-18(2)23(25(31)34-15-14-33-3)24(28-26(29)32)19-9-8-10-20(16-19)27-22(30)17-35-21-11-6-5-7-12-21/h5-12,16,24H,4,13-15,17H2,1-3H3,(H,27,30)(H,28,32). The van der Waals surface area contributed by atoms with Gasteiger partial charge in [0.1, 0.15) is 12.4 Å². The Hall–Kier alpha value is -3.85. The third kappa shape index (κ3) is 6.83. The second-order valence-corrected chi connectivity index (χ2v) is 7.94. The van der Waals surface area contributed by atoms with Crippen LogP contribution < -0.4 is 15.4 Å². The first kappa shape index (κ1) is 25.8. The molecule has 1 aliphatic heterocycles. The molecule has 0 spiro atoms. The van der Waals surface area contributed by atoms with Crippen LogP contribution in [0.25, 0.3) is 0 Å². The average molecular weight is 482 g/mol. The largest absolute Gasteiger partial charge is 0.484 e. The van der Waals surface area contributed by atoms with Crippen molar-refractivity contribution < 1.29 is 28.6 Å². The fourth-order valence-corrected chi connectivity index (χ4v) is 3.74. The van der Waals surface area contributed by atoms with Gasteiger partial charge in [-0.05, 0) is 43.2 Å². The molecule has 3 rings (SSSR count). The van der Waals surface area contributed by atoms with Gasteiger partial charge in [-0.15, -0.1) is 0 Å². The molecule has 0 saturated heterocycles. The highest BCUT2D eigenvalue weighted by Gasteiger charge is 2.36. The van der Waals surface area contributed by atoms with E-state index in [1.54, 1.807) is 43.3 Å². The molecular formula is C26H31N3O6. The second kappa shape index (κ2) is 12.6. The molecule has 9 heteroatoms. The van der Waals surface area contributed by atoms with Gasteiger partial charge in [0.15, 0.2) is 6.61 Å². The predicted molar refractivity (Wildman–Crippen MR) is 131 cm³/mol. The van der Waals surface area contributed by atoms with E-state index in [1.807, 2.05) is 25.1 Å². The lowest BCUT2D eigenvalue weighted by molar-refractivity contribution is -0.141. The molecule has 1 heterocycles. The van der Waals surface area contributed by atoms with Gasteiger partial charge in [-0.25, -0.2) is 9.59 Å². The highest BCUT2D eigenvalue weighted by molar-refractivity contribution is 5.95. The van der Waals surface area contributed by atoms with Gasteiger partial charge in [0, 0.05) is 25.0 Å². The van der Waals surface area contributed by atoms with Crippen molar-refractivity contribution in [2.75, 3.05) is 38.8 Å². The molecule has 0 radical (unpaired) electrons. The summed E-state index contributed by atoms with van der Waals surface area (Å²) in [4.78, 5) is 39.8. The van der Waals surface area contributed by atoms with E-state index in [0.717, 1.165) is 6.42 Å². The summed E-state index contributed by atoms with van der Waals surface area (Å²) in [5.41, 5.74) is 2.02. The van der Waals surface area contributed by atoms with Crippen LogP contribution in [0.3, 0.4) is 0 Å². The molecule has 3 amide bonds. The van der Waals surface area contributed by atoms with Crippen LogP contribution in [-0.2, 0) is 19.1 Å². The van der Waals surface area contributed by atoms with Crippen molar-refractivity contribution in [1.82, 2.24) is 10.2 Å². The van der Waals surface area contributed by atoms with Gasteiger partial charge in [0.25, 0.3) is 5.91 Å². The van der Waals surface area contributed by atoms with Gasteiger partial charge < -0.3 is 24.8 Å². The number of hydrogen-bond donors (Lipinski definition) is 2. The molecule has 9 nitrogen and oxygen atoms in total. The van der Waals surface area contributed by atoms with Crippen LogP contribution in [0.2, 0.25) is 0 Å². The Morgan fingerprint density at radius 3 is 2.57 bits per heavy atom. The molecule has 1 atom stereocenters. The van der Waals surface area contributed by atoms with Crippen molar-refractivity contribution >= 4 is 23.6 Å². The smallest absolute Gasteiger partial charge is 0.338 e. The van der Waals surface area contributed by atoms with Crippen LogP contribution in [-0.4, -0.2) is 56.3 Å². The zero-order valence-electron chi connectivity index (χ0n) is 20.2. The van der Waals surface area contributed by atoms with E-state index in [4.69, 9.17) is 14.2 Å². The van der Waals surface area contributed by atoms with Gasteiger partial charge in [-0.2, -0.15) is 0 Å².